The predicted molar refractivity (Wildman–Crippen MR) is 77.2 cm³/mol. The standard InChI is InChI=1S/C16H21N3/c1-12(2)19-8-7-15(18-19)9-14-11-17-10-13-5-3-4-6-16(13)14/h3-8,12,14,17H,9-11H2,1-2H3. The van der Waals surface area contributed by atoms with E-state index in [9.17, 15) is 0 Å². The lowest BCUT2D eigenvalue weighted by Gasteiger charge is -2.25. The molecule has 1 aliphatic rings. The summed E-state index contributed by atoms with van der Waals surface area (Å²) in [5, 5.41) is 8.17. The first-order chi connectivity index (χ1) is 9.24. The highest BCUT2D eigenvalue weighted by atomic mass is 15.3. The Bertz CT molecular complexity index is 557. The van der Waals surface area contributed by atoms with Gasteiger partial charge in [-0.15, -0.1) is 0 Å². The third-order valence-electron chi connectivity index (χ3n) is 3.85. The van der Waals surface area contributed by atoms with Crippen molar-refractivity contribution in [3.05, 3.63) is 53.3 Å². The number of hydrogen-bond donors (Lipinski definition) is 1. The van der Waals surface area contributed by atoms with Crippen LogP contribution < -0.4 is 5.32 Å². The van der Waals surface area contributed by atoms with Crippen molar-refractivity contribution in [3.63, 3.8) is 0 Å². The number of hydrogen-bond acceptors (Lipinski definition) is 2. The first-order valence-electron chi connectivity index (χ1n) is 7.06. The van der Waals surface area contributed by atoms with Crippen molar-refractivity contribution in [2.24, 2.45) is 0 Å². The molecule has 1 aromatic carbocycles. The van der Waals surface area contributed by atoms with Crippen molar-refractivity contribution in [1.29, 1.82) is 0 Å². The molecule has 19 heavy (non-hydrogen) atoms. The molecule has 3 nitrogen and oxygen atoms in total. The third kappa shape index (κ3) is 2.56. The van der Waals surface area contributed by atoms with Gasteiger partial charge in [0, 0.05) is 31.2 Å². The van der Waals surface area contributed by atoms with Gasteiger partial charge >= 0.3 is 0 Å². The van der Waals surface area contributed by atoms with Gasteiger partial charge in [0.25, 0.3) is 0 Å². The Hall–Kier alpha value is -1.61. The molecule has 2 heterocycles. The van der Waals surface area contributed by atoms with Crippen LogP contribution in [0.1, 0.15) is 42.6 Å². The molecule has 0 radical (unpaired) electrons. The van der Waals surface area contributed by atoms with E-state index in [0.717, 1.165) is 19.5 Å². The molecule has 2 aromatic rings. The second-order valence-electron chi connectivity index (χ2n) is 5.61. The largest absolute Gasteiger partial charge is 0.312 e. The molecule has 3 heteroatoms. The Kier molecular flexibility index (Phi) is 3.38. The average molecular weight is 255 g/mol. The minimum atomic E-state index is 0.436. The summed E-state index contributed by atoms with van der Waals surface area (Å²) in [5.41, 5.74) is 4.11. The highest BCUT2D eigenvalue weighted by Crippen LogP contribution is 2.26. The van der Waals surface area contributed by atoms with Crippen molar-refractivity contribution in [3.8, 4) is 0 Å². The van der Waals surface area contributed by atoms with E-state index < -0.39 is 0 Å². The summed E-state index contributed by atoms with van der Waals surface area (Å²) in [6.45, 7) is 6.36. The Labute approximate surface area is 114 Å². The first-order valence-corrected chi connectivity index (χ1v) is 7.06. The molecule has 3 rings (SSSR count). The van der Waals surface area contributed by atoms with E-state index in [1.165, 1.54) is 16.8 Å². The van der Waals surface area contributed by atoms with E-state index in [0.29, 0.717) is 12.0 Å². The summed E-state index contributed by atoms with van der Waals surface area (Å²) in [6.07, 6.45) is 3.10. The fourth-order valence-electron chi connectivity index (χ4n) is 2.79. The lowest BCUT2D eigenvalue weighted by molar-refractivity contribution is 0.507. The third-order valence-corrected chi connectivity index (χ3v) is 3.85. The molecular weight excluding hydrogens is 234 g/mol. The zero-order valence-corrected chi connectivity index (χ0v) is 11.6. The first kappa shape index (κ1) is 12.4. The van der Waals surface area contributed by atoms with Gasteiger partial charge in [-0.2, -0.15) is 5.10 Å². The molecule has 1 aliphatic heterocycles. The van der Waals surface area contributed by atoms with Crippen LogP contribution in [-0.2, 0) is 13.0 Å². The van der Waals surface area contributed by atoms with Crippen molar-refractivity contribution in [2.75, 3.05) is 6.54 Å². The molecule has 1 unspecified atom stereocenters. The monoisotopic (exact) mass is 255 g/mol. The van der Waals surface area contributed by atoms with Gasteiger partial charge < -0.3 is 5.32 Å². The highest BCUT2D eigenvalue weighted by Gasteiger charge is 2.20. The van der Waals surface area contributed by atoms with Gasteiger partial charge in [0.05, 0.1) is 5.69 Å². The normalized spacial score (nSPS) is 18.6. The number of nitrogens with one attached hydrogen (secondary N) is 1. The summed E-state index contributed by atoms with van der Waals surface area (Å²) in [5.74, 6) is 0.542. The maximum absolute atomic E-state index is 4.67. The summed E-state index contributed by atoms with van der Waals surface area (Å²) in [7, 11) is 0. The Morgan fingerprint density at radius 1 is 1.32 bits per heavy atom. The molecule has 1 N–H and O–H groups in total. The van der Waals surface area contributed by atoms with Crippen molar-refractivity contribution >= 4 is 0 Å². The van der Waals surface area contributed by atoms with Crippen LogP contribution in [0.2, 0.25) is 0 Å². The van der Waals surface area contributed by atoms with Gasteiger partial charge in [-0.25, -0.2) is 0 Å². The topological polar surface area (TPSA) is 29.9 Å². The van der Waals surface area contributed by atoms with Crippen LogP contribution in [0.5, 0.6) is 0 Å². The minimum Gasteiger partial charge on any atom is -0.312 e. The maximum atomic E-state index is 4.67. The lowest BCUT2D eigenvalue weighted by atomic mass is 9.88. The summed E-state index contributed by atoms with van der Waals surface area (Å²) < 4.78 is 2.04. The van der Waals surface area contributed by atoms with E-state index in [-0.39, 0.29) is 0 Å². The minimum absolute atomic E-state index is 0.436. The van der Waals surface area contributed by atoms with E-state index in [2.05, 4.69) is 60.8 Å². The van der Waals surface area contributed by atoms with Gasteiger partial charge in [0.1, 0.15) is 0 Å². The van der Waals surface area contributed by atoms with E-state index in [1.54, 1.807) is 0 Å². The quantitative estimate of drug-likeness (QED) is 0.914. The summed E-state index contributed by atoms with van der Waals surface area (Å²) >= 11 is 0. The molecule has 0 spiro atoms. The molecule has 1 aromatic heterocycles. The Morgan fingerprint density at radius 2 is 2.16 bits per heavy atom. The number of nitrogens with zero attached hydrogens (tertiary/aromatic N) is 2. The molecule has 0 aliphatic carbocycles. The summed E-state index contributed by atoms with van der Waals surface area (Å²) in [6, 6.07) is 11.3. The molecule has 1 atom stereocenters. The Morgan fingerprint density at radius 3 is 2.95 bits per heavy atom. The highest BCUT2D eigenvalue weighted by molar-refractivity contribution is 5.33. The predicted octanol–water partition coefficient (Wildman–Crippen LogP) is 2.89. The second kappa shape index (κ2) is 5.17. The van der Waals surface area contributed by atoms with Crippen LogP contribution in [0.4, 0.5) is 0 Å². The van der Waals surface area contributed by atoms with Crippen LogP contribution in [0, 0.1) is 0 Å². The smallest absolute Gasteiger partial charge is 0.0631 e. The molecule has 0 fully saturated rings. The summed E-state index contributed by atoms with van der Waals surface area (Å²) in [4.78, 5) is 0. The fraction of sp³-hybridized carbons (Fsp3) is 0.438. The van der Waals surface area contributed by atoms with Crippen LogP contribution in [0.3, 0.4) is 0 Å². The molecule has 0 bridgehead atoms. The fourth-order valence-corrected chi connectivity index (χ4v) is 2.79. The number of aromatic nitrogens is 2. The van der Waals surface area contributed by atoms with Gasteiger partial charge in [-0.3, -0.25) is 4.68 Å². The van der Waals surface area contributed by atoms with Crippen molar-refractivity contribution in [2.45, 2.75) is 38.8 Å². The Balaban J connectivity index is 1.80. The van der Waals surface area contributed by atoms with Crippen LogP contribution in [-0.4, -0.2) is 16.3 Å². The average Bonchev–Trinajstić information content (AvgIpc) is 2.88. The van der Waals surface area contributed by atoms with Crippen molar-refractivity contribution in [1.82, 2.24) is 15.1 Å². The lowest BCUT2D eigenvalue weighted by Crippen LogP contribution is -2.29. The van der Waals surface area contributed by atoms with E-state index >= 15 is 0 Å². The number of fused-ring (bicyclic) bond motifs is 1. The SMILES string of the molecule is CC(C)n1ccc(CC2CNCc3ccccc32)n1. The molecule has 100 valence electrons. The zero-order valence-electron chi connectivity index (χ0n) is 11.6. The molecular formula is C16H21N3. The van der Waals surface area contributed by atoms with E-state index in [1.807, 2.05) is 4.68 Å². The molecule has 0 amide bonds. The zero-order chi connectivity index (χ0) is 13.2. The molecule has 0 saturated heterocycles. The van der Waals surface area contributed by atoms with Gasteiger partial charge in [0.15, 0.2) is 0 Å². The van der Waals surface area contributed by atoms with Gasteiger partial charge in [-0.05, 0) is 37.5 Å². The van der Waals surface area contributed by atoms with E-state index in [4.69, 9.17) is 0 Å². The van der Waals surface area contributed by atoms with Crippen LogP contribution in [0.15, 0.2) is 36.5 Å². The molecule has 0 saturated carbocycles. The van der Waals surface area contributed by atoms with Crippen molar-refractivity contribution < 1.29 is 0 Å². The van der Waals surface area contributed by atoms with Crippen LogP contribution >= 0.6 is 0 Å². The number of rotatable bonds is 3. The van der Waals surface area contributed by atoms with Gasteiger partial charge in [-0.1, -0.05) is 24.3 Å². The van der Waals surface area contributed by atoms with Gasteiger partial charge in [0.2, 0.25) is 0 Å². The second-order valence-corrected chi connectivity index (χ2v) is 5.61. The maximum Gasteiger partial charge on any atom is 0.0631 e. The number of benzene rings is 1. The van der Waals surface area contributed by atoms with Crippen LogP contribution in [0.25, 0.3) is 0 Å².